The molecule has 1 amide bonds. The second-order valence-electron chi connectivity index (χ2n) is 6.13. The molecule has 1 saturated heterocycles. The van der Waals surface area contributed by atoms with Gasteiger partial charge < -0.3 is 10.2 Å². The number of hydrogen-bond donors (Lipinski definition) is 1. The lowest BCUT2D eigenvalue weighted by atomic mass is 10.1. The van der Waals surface area contributed by atoms with Crippen LogP contribution in [0.3, 0.4) is 0 Å². The van der Waals surface area contributed by atoms with Crippen molar-refractivity contribution in [3.05, 3.63) is 53.3 Å². The molecule has 2 aromatic rings. The van der Waals surface area contributed by atoms with E-state index in [2.05, 4.69) is 15.2 Å². The monoisotopic (exact) mass is 343 g/mol. The van der Waals surface area contributed by atoms with Crippen LogP contribution in [0.1, 0.15) is 29.6 Å². The van der Waals surface area contributed by atoms with Crippen LogP contribution in [0.4, 0.5) is 0 Å². The van der Waals surface area contributed by atoms with E-state index in [0.29, 0.717) is 17.1 Å². The third kappa shape index (κ3) is 4.56. The fraction of sp³-hybridized carbons (Fsp3) is 0.368. The zero-order chi connectivity index (χ0) is 16.8. The van der Waals surface area contributed by atoms with E-state index in [4.69, 9.17) is 11.6 Å². The summed E-state index contributed by atoms with van der Waals surface area (Å²) in [7, 11) is 0. The highest BCUT2D eigenvalue weighted by Crippen LogP contribution is 2.22. The van der Waals surface area contributed by atoms with Crippen molar-refractivity contribution in [2.24, 2.45) is 0 Å². The Bertz CT molecular complexity index is 699. The van der Waals surface area contributed by atoms with Gasteiger partial charge in [-0.15, -0.1) is 0 Å². The average Bonchev–Trinajstić information content (AvgIpc) is 2.63. The predicted molar refractivity (Wildman–Crippen MR) is 97.3 cm³/mol. The largest absolute Gasteiger partial charge is 0.351 e. The number of rotatable bonds is 5. The van der Waals surface area contributed by atoms with E-state index in [0.717, 1.165) is 30.8 Å². The Labute approximate surface area is 147 Å². The molecule has 2 heterocycles. The molecule has 0 saturated carbocycles. The normalized spacial score (nSPS) is 15.2. The molecular weight excluding hydrogens is 322 g/mol. The van der Waals surface area contributed by atoms with Gasteiger partial charge in [-0.05, 0) is 49.7 Å². The average molecular weight is 344 g/mol. The molecule has 126 valence electrons. The molecule has 3 rings (SSSR count). The number of nitrogens with zero attached hydrogens (tertiary/aromatic N) is 2. The predicted octanol–water partition coefficient (Wildman–Crippen LogP) is 3.62. The van der Waals surface area contributed by atoms with Crippen LogP contribution in [0.5, 0.6) is 0 Å². The molecule has 1 aliphatic rings. The Hall–Kier alpha value is -1.91. The summed E-state index contributed by atoms with van der Waals surface area (Å²) in [6.45, 7) is 3.86. The topological polar surface area (TPSA) is 45.2 Å². The highest BCUT2D eigenvalue weighted by molar-refractivity contribution is 6.30. The van der Waals surface area contributed by atoms with Crippen LogP contribution in [-0.4, -0.2) is 42.0 Å². The van der Waals surface area contributed by atoms with Crippen molar-refractivity contribution in [2.45, 2.75) is 19.3 Å². The van der Waals surface area contributed by atoms with Gasteiger partial charge in [0.1, 0.15) is 0 Å². The van der Waals surface area contributed by atoms with Crippen LogP contribution in [0.2, 0.25) is 5.02 Å². The lowest BCUT2D eigenvalue weighted by Gasteiger charge is -2.26. The van der Waals surface area contributed by atoms with E-state index in [-0.39, 0.29) is 5.91 Å². The maximum absolute atomic E-state index is 12.3. The molecule has 5 heteroatoms. The van der Waals surface area contributed by atoms with E-state index in [1.54, 1.807) is 12.4 Å². The minimum atomic E-state index is -0.0802. The van der Waals surface area contributed by atoms with Crippen molar-refractivity contribution < 1.29 is 4.79 Å². The Balaban J connectivity index is 1.59. The third-order valence-electron chi connectivity index (χ3n) is 4.32. The number of likely N-dealkylation sites (tertiary alicyclic amines) is 1. The van der Waals surface area contributed by atoms with Crippen LogP contribution in [-0.2, 0) is 0 Å². The molecule has 0 radical (unpaired) electrons. The molecule has 1 aromatic carbocycles. The third-order valence-corrected chi connectivity index (χ3v) is 4.56. The van der Waals surface area contributed by atoms with Crippen LogP contribution in [0, 0.1) is 0 Å². The van der Waals surface area contributed by atoms with Gasteiger partial charge in [-0.2, -0.15) is 0 Å². The Kier molecular flexibility index (Phi) is 5.83. The highest BCUT2D eigenvalue weighted by Gasteiger charge is 2.11. The van der Waals surface area contributed by atoms with Crippen molar-refractivity contribution in [2.75, 3.05) is 26.2 Å². The molecule has 24 heavy (non-hydrogen) atoms. The summed E-state index contributed by atoms with van der Waals surface area (Å²) in [6.07, 6.45) is 7.20. The van der Waals surface area contributed by atoms with Crippen molar-refractivity contribution in [1.82, 2.24) is 15.2 Å². The summed E-state index contributed by atoms with van der Waals surface area (Å²) in [4.78, 5) is 18.9. The number of halogens is 1. The number of benzene rings is 1. The molecule has 0 unspecified atom stereocenters. The number of carbonyl (C=O) groups excluding carboxylic acids is 1. The van der Waals surface area contributed by atoms with Gasteiger partial charge in [0.2, 0.25) is 0 Å². The van der Waals surface area contributed by atoms with Gasteiger partial charge in [-0.25, -0.2) is 0 Å². The Morgan fingerprint density at radius 1 is 1.12 bits per heavy atom. The molecule has 0 aliphatic carbocycles. The first-order valence-corrected chi connectivity index (χ1v) is 8.82. The smallest absolute Gasteiger partial charge is 0.252 e. The molecule has 1 aromatic heterocycles. The zero-order valence-electron chi connectivity index (χ0n) is 13.7. The van der Waals surface area contributed by atoms with E-state index >= 15 is 0 Å². The number of pyridine rings is 1. The maximum atomic E-state index is 12.3. The molecule has 1 aliphatic heterocycles. The van der Waals surface area contributed by atoms with Gasteiger partial charge >= 0.3 is 0 Å². The number of aromatic nitrogens is 1. The SMILES string of the molecule is O=C(NCCN1CCCCC1)c1cncc(-c2cccc(Cl)c2)c1. The van der Waals surface area contributed by atoms with Crippen LogP contribution >= 0.6 is 11.6 Å². The van der Waals surface area contributed by atoms with Crippen LogP contribution in [0.25, 0.3) is 11.1 Å². The van der Waals surface area contributed by atoms with Crippen molar-refractivity contribution >= 4 is 17.5 Å². The summed E-state index contributed by atoms with van der Waals surface area (Å²) >= 11 is 6.04. The van der Waals surface area contributed by atoms with Crippen LogP contribution in [0.15, 0.2) is 42.7 Å². The van der Waals surface area contributed by atoms with Crippen LogP contribution < -0.4 is 5.32 Å². The molecular formula is C19H22ClN3O. The summed E-state index contributed by atoms with van der Waals surface area (Å²) in [5.74, 6) is -0.0802. The first-order valence-electron chi connectivity index (χ1n) is 8.44. The van der Waals surface area contributed by atoms with Gasteiger partial charge in [-0.1, -0.05) is 30.2 Å². The second kappa shape index (κ2) is 8.27. The number of carbonyl (C=O) groups is 1. The fourth-order valence-corrected chi connectivity index (χ4v) is 3.19. The van der Waals surface area contributed by atoms with Gasteiger partial charge in [0.05, 0.1) is 5.56 Å². The summed E-state index contributed by atoms with van der Waals surface area (Å²) in [5, 5.41) is 3.66. The van der Waals surface area contributed by atoms with Gasteiger partial charge in [0.15, 0.2) is 0 Å². The van der Waals surface area contributed by atoms with Gasteiger partial charge in [0.25, 0.3) is 5.91 Å². The zero-order valence-corrected chi connectivity index (χ0v) is 14.4. The number of hydrogen-bond acceptors (Lipinski definition) is 3. The molecule has 4 nitrogen and oxygen atoms in total. The summed E-state index contributed by atoms with van der Waals surface area (Å²) in [6, 6.07) is 9.41. The number of piperidine rings is 1. The molecule has 1 N–H and O–H groups in total. The van der Waals surface area contributed by atoms with E-state index in [1.165, 1.54) is 19.3 Å². The molecule has 0 bridgehead atoms. The number of amides is 1. The van der Waals surface area contributed by atoms with Crippen molar-refractivity contribution in [3.8, 4) is 11.1 Å². The van der Waals surface area contributed by atoms with Crippen molar-refractivity contribution in [3.63, 3.8) is 0 Å². The summed E-state index contributed by atoms with van der Waals surface area (Å²) in [5.41, 5.74) is 2.42. The minimum Gasteiger partial charge on any atom is -0.351 e. The van der Waals surface area contributed by atoms with E-state index < -0.39 is 0 Å². The minimum absolute atomic E-state index is 0.0802. The summed E-state index contributed by atoms with van der Waals surface area (Å²) < 4.78 is 0. The Morgan fingerprint density at radius 2 is 1.96 bits per heavy atom. The lowest BCUT2D eigenvalue weighted by molar-refractivity contribution is 0.0946. The standard InChI is InChI=1S/C19H22ClN3O/c20-18-6-4-5-15(12-18)16-11-17(14-21-13-16)19(24)22-7-10-23-8-2-1-3-9-23/h4-6,11-14H,1-3,7-10H2,(H,22,24). The van der Waals surface area contributed by atoms with E-state index in [1.807, 2.05) is 30.3 Å². The maximum Gasteiger partial charge on any atom is 0.252 e. The first-order chi connectivity index (χ1) is 11.7. The highest BCUT2D eigenvalue weighted by atomic mass is 35.5. The van der Waals surface area contributed by atoms with Gasteiger partial charge in [0, 0.05) is 36.1 Å². The van der Waals surface area contributed by atoms with Gasteiger partial charge in [-0.3, -0.25) is 9.78 Å². The molecule has 1 fully saturated rings. The van der Waals surface area contributed by atoms with Crippen molar-refractivity contribution in [1.29, 1.82) is 0 Å². The molecule has 0 atom stereocenters. The molecule has 0 spiro atoms. The lowest BCUT2D eigenvalue weighted by Crippen LogP contribution is -2.37. The Morgan fingerprint density at radius 3 is 2.75 bits per heavy atom. The number of nitrogens with one attached hydrogen (secondary N) is 1. The van der Waals surface area contributed by atoms with E-state index in [9.17, 15) is 4.79 Å². The quantitative estimate of drug-likeness (QED) is 0.901. The fourth-order valence-electron chi connectivity index (χ4n) is 3.00. The second-order valence-corrected chi connectivity index (χ2v) is 6.57. The first kappa shape index (κ1) is 16.9.